The van der Waals surface area contributed by atoms with E-state index < -0.39 is 0 Å². The molecule has 96 valence electrons. The van der Waals surface area contributed by atoms with Gasteiger partial charge >= 0.3 is 0 Å². The van der Waals surface area contributed by atoms with E-state index in [4.69, 9.17) is 11.6 Å². The molecule has 18 heavy (non-hydrogen) atoms. The van der Waals surface area contributed by atoms with Crippen LogP contribution >= 0.6 is 22.9 Å². The van der Waals surface area contributed by atoms with Crippen molar-refractivity contribution in [3.8, 4) is 0 Å². The minimum absolute atomic E-state index is 0.0887. The average Bonchev–Trinajstić information content (AvgIpc) is 2.63. The van der Waals surface area contributed by atoms with E-state index >= 15 is 0 Å². The molecule has 0 radical (unpaired) electrons. The molecule has 0 aliphatic rings. The molecule has 0 bridgehead atoms. The lowest BCUT2D eigenvalue weighted by Gasteiger charge is -2.10. The second-order valence-electron chi connectivity index (χ2n) is 4.99. The van der Waals surface area contributed by atoms with Crippen LogP contribution < -0.4 is 0 Å². The largest absolute Gasteiger partial charge is 0.144 e. The third-order valence-electron chi connectivity index (χ3n) is 3.35. The van der Waals surface area contributed by atoms with Gasteiger partial charge in [0.05, 0.1) is 5.38 Å². The van der Waals surface area contributed by atoms with Crippen molar-refractivity contribution in [3.05, 3.63) is 56.3 Å². The monoisotopic (exact) mass is 278 g/mol. The third kappa shape index (κ3) is 2.96. The Morgan fingerprint density at radius 3 is 2.28 bits per heavy atom. The zero-order valence-electron chi connectivity index (χ0n) is 11.4. The van der Waals surface area contributed by atoms with E-state index in [1.54, 1.807) is 0 Å². The Morgan fingerprint density at radius 1 is 1.00 bits per heavy atom. The molecule has 1 heterocycles. The van der Waals surface area contributed by atoms with Gasteiger partial charge in [-0.25, -0.2) is 0 Å². The molecule has 0 aliphatic carbocycles. The number of thiophene rings is 1. The summed E-state index contributed by atoms with van der Waals surface area (Å²) >= 11 is 8.38. The van der Waals surface area contributed by atoms with Gasteiger partial charge in [-0.2, -0.15) is 0 Å². The summed E-state index contributed by atoms with van der Waals surface area (Å²) in [6.07, 6.45) is 0.906. The fourth-order valence-corrected chi connectivity index (χ4v) is 3.70. The fraction of sp³-hybridized carbons (Fsp3) is 0.375. The maximum absolute atomic E-state index is 6.56. The topological polar surface area (TPSA) is 0 Å². The number of hydrogen-bond acceptors (Lipinski definition) is 1. The van der Waals surface area contributed by atoms with E-state index in [9.17, 15) is 0 Å². The van der Waals surface area contributed by atoms with Gasteiger partial charge in [0, 0.05) is 9.75 Å². The van der Waals surface area contributed by atoms with E-state index in [0.29, 0.717) is 0 Å². The molecule has 0 aliphatic heterocycles. The molecule has 0 N–H and O–H groups in total. The first kappa shape index (κ1) is 13.6. The van der Waals surface area contributed by atoms with Gasteiger partial charge in [-0.05, 0) is 62.4 Å². The normalized spacial score (nSPS) is 12.7. The first-order valence-electron chi connectivity index (χ1n) is 6.24. The smallest absolute Gasteiger partial charge is 0.0721 e. The maximum atomic E-state index is 6.56. The van der Waals surface area contributed by atoms with Crippen molar-refractivity contribution in [2.45, 2.75) is 39.5 Å². The summed E-state index contributed by atoms with van der Waals surface area (Å²) in [4.78, 5) is 2.65. The lowest BCUT2D eigenvalue weighted by atomic mass is 10.0. The van der Waals surface area contributed by atoms with Crippen LogP contribution in [0, 0.1) is 27.7 Å². The van der Waals surface area contributed by atoms with Crippen LogP contribution in [-0.4, -0.2) is 0 Å². The van der Waals surface area contributed by atoms with Gasteiger partial charge in [0.25, 0.3) is 0 Å². The van der Waals surface area contributed by atoms with Gasteiger partial charge in [-0.15, -0.1) is 22.9 Å². The van der Waals surface area contributed by atoms with E-state index in [-0.39, 0.29) is 5.38 Å². The minimum Gasteiger partial charge on any atom is -0.144 e. The summed E-state index contributed by atoms with van der Waals surface area (Å²) in [5.41, 5.74) is 5.33. The Morgan fingerprint density at radius 2 is 1.72 bits per heavy atom. The van der Waals surface area contributed by atoms with Crippen LogP contribution in [0.15, 0.2) is 24.3 Å². The van der Waals surface area contributed by atoms with Crippen molar-refractivity contribution in [1.29, 1.82) is 0 Å². The summed E-state index contributed by atoms with van der Waals surface area (Å²) in [6.45, 7) is 8.59. The third-order valence-corrected chi connectivity index (χ3v) is 5.12. The Hall–Kier alpha value is -0.790. The molecular formula is C16H19ClS. The van der Waals surface area contributed by atoms with Gasteiger partial charge < -0.3 is 0 Å². The Bertz CT molecular complexity index is 554. The summed E-state index contributed by atoms with van der Waals surface area (Å²) < 4.78 is 0. The zero-order valence-corrected chi connectivity index (χ0v) is 13.0. The lowest BCUT2D eigenvalue weighted by Crippen LogP contribution is -1.96. The van der Waals surface area contributed by atoms with Crippen LogP contribution in [0.3, 0.4) is 0 Å². The van der Waals surface area contributed by atoms with Crippen molar-refractivity contribution < 1.29 is 0 Å². The van der Waals surface area contributed by atoms with Crippen molar-refractivity contribution in [3.63, 3.8) is 0 Å². The number of hydrogen-bond donors (Lipinski definition) is 0. The van der Waals surface area contributed by atoms with Crippen LogP contribution in [0.1, 0.15) is 37.4 Å². The van der Waals surface area contributed by atoms with Gasteiger partial charge in [0.1, 0.15) is 0 Å². The van der Waals surface area contributed by atoms with E-state index in [0.717, 1.165) is 6.42 Å². The molecule has 0 amide bonds. The quantitative estimate of drug-likeness (QED) is 0.650. The second-order valence-corrected chi connectivity index (χ2v) is 6.81. The summed E-state index contributed by atoms with van der Waals surface area (Å²) in [5, 5.41) is 0.0887. The molecule has 1 aromatic carbocycles. The number of halogens is 1. The molecule has 2 heteroatoms. The SMILES string of the molecule is Cc1cc(C)c(C(Cl)Cc2ccc(C)c(C)c2)s1. The molecule has 1 unspecified atom stereocenters. The molecule has 0 fully saturated rings. The standard InChI is InChI=1S/C16H19ClS/c1-10-5-6-14(8-11(10)2)9-15(17)16-12(3)7-13(4)18-16/h5-8,15H,9H2,1-4H3. The van der Waals surface area contributed by atoms with Gasteiger partial charge in [0.2, 0.25) is 0 Å². The van der Waals surface area contributed by atoms with Gasteiger partial charge in [0.15, 0.2) is 0 Å². The molecular weight excluding hydrogens is 260 g/mol. The highest BCUT2D eigenvalue weighted by Gasteiger charge is 2.14. The summed E-state index contributed by atoms with van der Waals surface area (Å²) in [6, 6.07) is 8.84. The maximum Gasteiger partial charge on any atom is 0.0721 e. The van der Waals surface area contributed by atoms with Crippen LogP contribution in [0.25, 0.3) is 0 Å². The molecule has 2 aromatic rings. The molecule has 1 aromatic heterocycles. The van der Waals surface area contributed by atoms with E-state index in [2.05, 4.69) is 52.0 Å². The number of aryl methyl sites for hydroxylation is 4. The molecule has 0 spiro atoms. The summed E-state index contributed by atoms with van der Waals surface area (Å²) in [7, 11) is 0. The highest BCUT2D eigenvalue weighted by molar-refractivity contribution is 7.12. The highest BCUT2D eigenvalue weighted by Crippen LogP contribution is 2.34. The highest BCUT2D eigenvalue weighted by atomic mass is 35.5. The van der Waals surface area contributed by atoms with E-state index in [1.165, 1.54) is 32.0 Å². The number of benzene rings is 1. The lowest BCUT2D eigenvalue weighted by molar-refractivity contribution is 0.929. The van der Waals surface area contributed by atoms with Gasteiger partial charge in [-0.1, -0.05) is 18.2 Å². The average molecular weight is 279 g/mol. The first-order valence-corrected chi connectivity index (χ1v) is 7.50. The van der Waals surface area contributed by atoms with Crippen LogP contribution in [0.2, 0.25) is 0 Å². The molecule has 0 nitrogen and oxygen atoms in total. The first-order chi connectivity index (χ1) is 8.47. The van der Waals surface area contributed by atoms with Crippen molar-refractivity contribution in [1.82, 2.24) is 0 Å². The zero-order chi connectivity index (χ0) is 13.3. The fourth-order valence-electron chi connectivity index (χ4n) is 2.20. The van der Waals surface area contributed by atoms with Crippen molar-refractivity contribution >= 4 is 22.9 Å². The van der Waals surface area contributed by atoms with E-state index in [1.807, 2.05) is 11.3 Å². The predicted octanol–water partition coefficient (Wildman–Crippen LogP) is 5.50. The molecule has 2 rings (SSSR count). The Balaban J connectivity index is 2.18. The number of alkyl halides is 1. The predicted molar refractivity (Wildman–Crippen MR) is 82.0 cm³/mol. The van der Waals surface area contributed by atoms with Crippen LogP contribution in [0.4, 0.5) is 0 Å². The van der Waals surface area contributed by atoms with Crippen LogP contribution in [0.5, 0.6) is 0 Å². The summed E-state index contributed by atoms with van der Waals surface area (Å²) in [5.74, 6) is 0. The minimum atomic E-state index is 0.0887. The second kappa shape index (κ2) is 5.46. The van der Waals surface area contributed by atoms with Crippen molar-refractivity contribution in [2.24, 2.45) is 0 Å². The number of rotatable bonds is 3. The molecule has 0 saturated heterocycles. The molecule has 1 atom stereocenters. The molecule has 0 saturated carbocycles. The van der Waals surface area contributed by atoms with Gasteiger partial charge in [-0.3, -0.25) is 0 Å². The Labute approximate surface area is 119 Å². The Kier molecular flexibility index (Phi) is 4.14. The van der Waals surface area contributed by atoms with Crippen LogP contribution in [-0.2, 0) is 6.42 Å². The van der Waals surface area contributed by atoms with Crippen molar-refractivity contribution in [2.75, 3.05) is 0 Å².